The zero-order valence-electron chi connectivity index (χ0n) is 10.0. The molecule has 90 valence electrons. The largest absolute Gasteiger partial charge is 0.322 e. The van der Waals surface area contributed by atoms with Crippen molar-refractivity contribution >= 4 is 11.6 Å². The summed E-state index contributed by atoms with van der Waals surface area (Å²) in [6.07, 6.45) is 6.74. The summed E-state index contributed by atoms with van der Waals surface area (Å²) in [6, 6.07) is 9.60. The molecule has 3 rings (SSSR count). The summed E-state index contributed by atoms with van der Waals surface area (Å²) in [5.41, 5.74) is 4.28. The van der Waals surface area contributed by atoms with Gasteiger partial charge in [-0.15, -0.1) is 0 Å². The number of benzene rings is 1. The number of carbonyl (C=O) groups excluding carboxylic acids is 1. The fourth-order valence-corrected chi connectivity index (χ4v) is 2.36. The lowest BCUT2D eigenvalue weighted by Crippen LogP contribution is -2.11. The van der Waals surface area contributed by atoms with Crippen molar-refractivity contribution in [2.75, 3.05) is 5.32 Å². The average molecular weight is 238 g/mol. The maximum Gasteiger partial charge on any atom is 0.255 e. The summed E-state index contributed by atoms with van der Waals surface area (Å²) < 4.78 is 0. The van der Waals surface area contributed by atoms with Crippen LogP contribution in [0.1, 0.15) is 27.9 Å². The van der Waals surface area contributed by atoms with Crippen LogP contribution in [0.3, 0.4) is 0 Å². The lowest BCUT2D eigenvalue weighted by molar-refractivity contribution is 0.102. The van der Waals surface area contributed by atoms with Crippen LogP contribution in [0.15, 0.2) is 42.7 Å². The summed E-state index contributed by atoms with van der Waals surface area (Å²) in [6.45, 7) is 0. The van der Waals surface area contributed by atoms with Crippen molar-refractivity contribution in [3.63, 3.8) is 0 Å². The van der Waals surface area contributed by atoms with Gasteiger partial charge in [-0.2, -0.15) is 0 Å². The molecule has 0 saturated heterocycles. The zero-order chi connectivity index (χ0) is 12.4. The van der Waals surface area contributed by atoms with E-state index in [9.17, 15) is 4.79 Å². The van der Waals surface area contributed by atoms with E-state index >= 15 is 0 Å². The normalized spacial score (nSPS) is 13.1. The molecule has 0 spiro atoms. The third-order valence-electron chi connectivity index (χ3n) is 3.30. The van der Waals surface area contributed by atoms with Gasteiger partial charge in [-0.1, -0.05) is 6.07 Å². The molecule has 1 aliphatic carbocycles. The Morgan fingerprint density at radius 1 is 1.06 bits per heavy atom. The first-order valence-corrected chi connectivity index (χ1v) is 6.16. The first-order chi connectivity index (χ1) is 8.83. The summed E-state index contributed by atoms with van der Waals surface area (Å²) >= 11 is 0. The molecule has 0 bridgehead atoms. The van der Waals surface area contributed by atoms with Gasteiger partial charge in [-0.05, 0) is 54.7 Å². The quantitative estimate of drug-likeness (QED) is 0.874. The molecule has 18 heavy (non-hydrogen) atoms. The van der Waals surface area contributed by atoms with Crippen LogP contribution in [-0.4, -0.2) is 10.9 Å². The number of aryl methyl sites for hydroxylation is 2. The first kappa shape index (κ1) is 11.0. The molecule has 1 aliphatic rings. The lowest BCUT2D eigenvalue weighted by Gasteiger charge is -2.07. The van der Waals surface area contributed by atoms with Gasteiger partial charge in [-0.3, -0.25) is 9.78 Å². The summed E-state index contributed by atoms with van der Waals surface area (Å²) in [5, 5.41) is 2.92. The second kappa shape index (κ2) is 4.61. The Hall–Kier alpha value is -2.16. The smallest absolute Gasteiger partial charge is 0.255 e. The minimum absolute atomic E-state index is 0.0876. The molecule has 1 heterocycles. The van der Waals surface area contributed by atoms with Crippen LogP contribution in [0.5, 0.6) is 0 Å². The fourth-order valence-electron chi connectivity index (χ4n) is 2.36. The van der Waals surface area contributed by atoms with Crippen molar-refractivity contribution in [3.05, 3.63) is 59.4 Å². The molecule has 0 radical (unpaired) electrons. The number of nitrogens with zero attached hydrogens (tertiary/aromatic N) is 1. The standard InChI is InChI=1S/C15H14N2O/c18-15(12-6-8-16-9-7-12)17-14-5-4-11-2-1-3-13(11)10-14/h4-10H,1-3H2,(H,17,18). The second-order valence-corrected chi connectivity index (χ2v) is 4.53. The van der Waals surface area contributed by atoms with Gasteiger partial charge in [0.15, 0.2) is 0 Å². The lowest BCUT2D eigenvalue weighted by atomic mass is 10.1. The topological polar surface area (TPSA) is 42.0 Å². The third-order valence-corrected chi connectivity index (χ3v) is 3.30. The van der Waals surface area contributed by atoms with Crippen LogP contribution in [0.25, 0.3) is 0 Å². The highest BCUT2D eigenvalue weighted by Gasteiger charge is 2.12. The van der Waals surface area contributed by atoms with Crippen LogP contribution in [0, 0.1) is 0 Å². The number of carbonyl (C=O) groups is 1. The first-order valence-electron chi connectivity index (χ1n) is 6.16. The minimum Gasteiger partial charge on any atom is -0.322 e. The van der Waals surface area contributed by atoms with Gasteiger partial charge in [0.2, 0.25) is 0 Å². The Morgan fingerprint density at radius 3 is 2.67 bits per heavy atom. The van der Waals surface area contributed by atoms with Crippen molar-refractivity contribution in [2.24, 2.45) is 0 Å². The van der Waals surface area contributed by atoms with Crippen LogP contribution in [-0.2, 0) is 12.8 Å². The van der Waals surface area contributed by atoms with Gasteiger partial charge in [0.1, 0.15) is 0 Å². The van der Waals surface area contributed by atoms with E-state index in [1.807, 2.05) is 6.07 Å². The van der Waals surface area contributed by atoms with Crippen LogP contribution in [0.4, 0.5) is 5.69 Å². The van der Waals surface area contributed by atoms with Crippen molar-refractivity contribution in [3.8, 4) is 0 Å². The number of amides is 1. The van der Waals surface area contributed by atoms with E-state index in [-0.39, 0.29) is 5.91 Å². The van der Waals surface area contributed by atoms with E-state index in [1.165, 1.54) is 17.5 Å². The monoisotopic (exact) mass is 238 g/mol. The SMILES string of the molecule is O=C(Nc1ccc2c(c1)CCC2)c1ccncc1. The predicted octanol–water partition coefficient (Wildman–Crippen LogP) is 2.82. The van der Waals surface area contributed by atoms with Crippen molar-refractivity contribution in [2.45, 2.75) is 19.3 Å². The van der Waals surface area contributed by atoms with Crippen LogP contribution < -0.4 is 5.32 Å². The van der Waals surface area contributed by atoms with Crippen molar-refractivity contribution < 1.29 is 4.79 Å². The molecule has 2 aromatic rings. The Bertz CT molecular complexity index is 578. The van der Waals surface area contributed by atoms with Gasteiger partial charge < -0.3 is 5.32 Å². The zero-order valence-corrected chi connectivity index (χ0v) is 10.0. The molecule has 1 N–H and O–H groups in total. The number of pyridine rings is 1. The highest BCUT2D eigenvalue weighted by atomic mass is 16.1. The molecule has 0 saturated carbocycles. The number of fused-ring (bicyclic) bond motifs is 1. The number of aromatic nitrogens is 1. The fraction of sp³-hybridized carbons (Fsp3) is 0.200. The molecule has 0 atom stereocenters. The van der Waals surface area contributed by atoms with Gasteiger partial charge in [0, 0.05) is 23.6 Å². The van der Waals surface area contributed by atoms with Crippen molar-refractivity contribution in [1.82, 2.24) is 4.98 Å². The molecule has 1 aromatic carbocycles. The van der Waals surface area contributed by atoms with Gasteiger partial charge >= 0.3 is 0 Å². The minimum atomic E-state index is -0.0876. The molecule has 0 fully saturated rings. The predicted molar refractivity (Wildman–Crippen MR) is 70.7 cm³/mol. The van der Waals surface area contributed by atoms with E-state index in [0.29, 0.717) is 5.56 Å². The molecule has 3 nitrogen and oxygen atoms in total. The molecule has 1 aromatic heterocycles. The summed E-state index contributed by atoms with van der Waals surface area (Å²) in [5.74, 6) is -0.0876. The van der Waals surface area contributed by atoms with E-state index in [4.69, 9.17) is 0 Å². The van der Waals surface area contributed by atoms with Gasteiger partial charge in [-0.25, -0.2) is 0 Å². The summed E-state index contributed by atoms with van der Waals surface area (Å²) in [4.78, 5) is 15.9. The highest BCUT2D eigenvalue weighted by Crippen LogP contribution is 2.25. The number of hydrogen-bond donors (Lipinski definition) is 1. The van der Waals surface area contributed by atoms with E-state index in [0.717, 1.165) is 18.5 Å². The number of rotatable bonds is 2. The van der Waals surface area contributed by atoms with Gasteiger partial charge in [0.05, 0.1) is 0 Å². The highest BCUT2D eigenvalue weighted by molar-refractivity contribution is 6.04. The van der Waals surface area contributed by atoms with E-state index in [1.54, 1.807) is 24.5 Å². The Balaban J connectivity index is 1.79. The van der Waals surface area contributed by atoms with Crippen molar-refractivity contribution in [1.29, 1.82) is 0 Å². The molecular formula is C15H14N2O. The van der Waals surface area contributed by atoms with Crippen LogP contribution >= 0.6 is 0 Å². The summed E-state index contributed by atoms with van der Waals surface area (Å²) in [7, 11) is 0. The molecular weight excluding hydrogens is 224 g/mol. The average Bonchev–Trinajstić information content (AvgIpc) is 2.87. The maximum atomic E-state index is 12.0. The molecule has 3 heteroatoms. The number of hydrogen-bond acceptors (Lipinski definition) is 2. The maximum absolute atomic E-state index is 12.0. The second-order valence-electron chi connectivity index (χ2n) is 4.53. The Labute approximate surface area is 106 Å². The molecule has 1 amide bonds. The van der Waals surface area contributed by atoms with Crippen LogP contribution in [0.2, 0.25) is 0 Å². The Kier molecular flexibility index (Phi) is 2.81. The molecule has 0 unspecified atom stereocenters. The number of nitrogens with one attached hydrogen (secondary N) is 1. The van der Waals surface area contributed by atoms with E-state index in [2.05, 4.69) is 22.4 Å². The third kappa shape index (κ3) is 2.12. The van der Waals surface area contributed by atoms with Gasteiger partial charge in [0.25, 0.3) is 5.91 Å². The molecule has 0 aliphatic heterocycles. The Morgan fingerprint density at radius 2 is 1.83 bits per heavy atom. The number of anilines is 1. The van der Waals surface area contributed by atoms with E-state index < -0.39 is 0 Å².